The maximum absolute atomic E-state index is 13.9. The topological polar surface area (TPSA) is 102 Å². The maximum atomic E-state index is 13.9. The molecule has 1 amide bonds. The lowest BCUT2D eigenvalue weighted by Crippen LogP contribution is -2.14. The third kappa shape index (κ3) is 7.18. The summed E-state index contributed by atoms with van der Waals surface area (Å²) in [5, 5.41) is 19.8. The first-order valence-electron chi connectivity index (χ1n) is 24.5. The molecule has 10 heteroatoms. The van der Waals surface area contributed by atoms with E-state index in [1.807, 2.05) is 78.9 Å². The number of carbonyl (C=O) groups excluding carboxylic acids is 1. The van der Waals surface area contributed by atoms with Crippen molar-refractivity contribution in [3.05, 3.63) is 181 Å². The van der Waals surface area contributed by atoms with Gasteiger partial charge in [0.2, 0.25) is 5.91 Å². The summed E-state index contributed by atoms with van der Waals surface area (Å²) in [5.74, 6) is 2.78. The van der Waals surface area contributed by atoms with Crippen molar-refractivity contribution in [3.8, 4) is 28.7 Å². The minimum absolute atomic E-state index is 0.0194. The summed E-state index contributed by atoms with van der Waals surface area (Å²) in [6, 6.07) is 59.5. The van der Waals surface area contributed by atoms with Crippen LogP contribution >= 0.6 is 8.24 Å². The summed E-state index contributed by atoms with van der Waals surface area (Å²) in [6.07, 6.45) is 0.265. The van der Waals surface area contributed by atoms with Gasteiger partial charge in [0.15, 0.2) is 16.9 Å². The molecule has 0 spiro atoms. The highest BCUT2D eigenvalue weighted by atomic mass is 31.1. The lowest BCUT2D eigenvalue weighted by molar-refractivity contribution is -0.116. The van der Waals surface area contributed by atoms with E-state index in [0.717, 1.165) is 91.7 Å². The Morgan fingerprint density at radius 2 is 0.865 bits per heavy atom. The van der Waals surface area contributed by atoms with Crippen LogP contribution in [0.3, 0.4) is 0 Å². The monoisotopic (exact) mass is 989 g/mol. The fourth-order valence-corrected chi connectivity index (χ4v) is 12.3. The standard InChI is InChI=1S/C64H48NO8P/c1-36(37-15-7-6-8-16-37)31-56(66)65-50-21-13-14-22-51(50)71-74-72-63-46(32-54(69-4)48-34-52(67-2)44-29-27-40-25-23-38-17-9-11-19-42(38)57(40)59(44)61(48)63)47-33-55(70-5)49-35-53(68-3)45-30-28-41-26-24-39-18-10-12-20-43(39)58(41)60(45)62(49)64(47)73-74/h6-30,32-36H,31H2,1-5H3,(H,65,66)/t36-/m1/s1. The highest BCUT2D eigenvalue weighted by molar-refractivity contribution is 7.32. The molecule has 0 aliphatic heterocycles. The Kier molecular flexibility index (Phi) is 10.9. The third-order valence-electron chi connectivity index (χ3n) is 14.7. The summed E-state index contributed by atoms with van der Waals surface area (Å²) in [5.41, 5.74) is 2.60. The fourth-order valence-electron chi connectivity index (χ4n) is 11.2. The molecule has 0 saturated heterocycles. The van der Waals surface area contributed by atoms with Gasteiger partial charge in [-0.05, 0) is 103 Å². The van der Waals surface area contributed by atoms with Gasteiger partial charge in [-0.25, -0.2) is 0 Å². The summed E-state index contributed by atoms with van der Waals surface area (Å²) in [7, 11) is 4.36. The third-order valence-corrected chi connectivity index (χ3v) is 15.7. The molecule has 13 aromatic rings. The predicted molar refractivity (Wildman–Crippen MR) is 303 cm³/mol. The van der Waals surface area contributed by atoms with Gasteiger partial charge in [0.1, 0.15) is 23.0 Å². The molecule has 0 saturated carbocycles. The molecule has 0 aliphatic rings. The van der Waals surface area contributed by atoms with Crippen molar-refractivity contribution >= 4 is 128 Å². The van der Waals surface area contributed by atoms with Gasteiger partial charge in [0, 0.05) is 60.3 Å². The molecule has 1 N–H and O–H groups in total. The second-order valence-corrected chi connectivity index (χ2v) is 19.7. The van der Waals surface area contributed by atoms with E-state index < -0.39 is 8.24 Å². The van der Waals surface area contributed by atoms with Gasteiger partial charge in [0.05, 0.1) is 34.1 Å². The second kappa shape index (κ2) is 18.0. The molecule has 1 atom stereocenters. The van der Waals surface area contributed by atoms with E-state index in [-0.39, 0.29) is 18.2 Å². The Bertz CT molecular complexity index is 4280. The average Bonchev–Trinajstić information content (AvgIpc) is 3.62. The molecular weight excluding hydrogens is 942 g/mol. The van der Waals surface area contributed by atoms with Crippen LogP contribution in [0.5, 0.6) is 28.7 Å². The van der Waals surface area contributed by atoms with Crippen LogP contribution < -0.4 is 28.8 Å². The first-order valence-corrected chi connectivity index (χ1v) is 25.6. The summed E-state index contributed by atoms with van der Waals surface area (Å²) in [4.78, 5) is 13.9. The molecule has 0 bridgehead atoms. The lowest BCUT2D eigenvalue weighted by Gasteiger charge is -2.17. The number of hydrogen-bond acceptors (Lipinski definition) is 8. The second-order valence-electron chi connectivity index (χ2n) is 18.7. The number of rotatable bonds is 10. The number of nitrogens with one attached hydrogen (secondary N) is 1. The molecule has 0 fully saturated rings. The van der Waals surface area contributed by atoms with Gasteiger partial charge in [-0.15, -0.1) is 0 Å². The summed E-state index contributed by atoms with van der Waals surface area (Å²) < 4.78 is 47.3. The lowest BCUT2D eigenvalue weighted by atomic mass is 9.90. The van der Waals surface area contributed by atoms with Crippen molar-refractivity contribution in [2.24, 2.45) is 0 Å². The van der Waals surface area contributed by atoms with Crippen molar-refractivity contribution in [3.63, 3.8) is 0 Å². The van der Waals surface area contributed by atoms with Crippen LogP contribution in [0, 0.1) is 0 Å². The number of amides is 1. The highest BCUT2D eigenvalue weighted by Gasteiger charge is 2.26. The number of ether oxygens (including phenoxy) is 4. The molecule has 74 heavy (non-hydrogen) atoms. The SMILES string of the molecule is COc1cc2c3cc(OC)c4cc(OC)c5ccc6ccc7ccccc7c6c5c4c3op(Oc3ccccc3NC(=O)C[C@@H](C)c3ccccc3)oc2c2c1cc(OC)c1ccc3ccc4ccccc4c3c12. The number of anilines is 1. The molecule has 0 unspecified atom stereocenters. The first-order chi connectivity index (χ1) is 36.3. The zero-order chi connectivity index (χ0) is 50.2. The number of benzene rings is 12. The van der Waals surface area contributed by atoms with Gasteiger partial charge in [-0.3, -0.25) is 4.79 Å². The first kappa shape index (κ1) is 45.0. The number of hydrogen-bond donors (Lipinski definition) is 1. The number of carbonyl (C=O) groups is 1. The number of para-hydroxylation sites is 2. The molecule has 0 aliphatic carbocycles. The van der Waals surface area contributed by atoms with Crippen LogP contribution in [0.2, 0.25) is 0 Å². The van der Waals surface area contributed by atoms with Crippen LogP contribution in [-0.4, -0.2) is 34.3 Å². The number of methoxy groups -OCH3 is 4. The van der Waals surface area contributed by atoms with Crippen molar-refractivity contribution in [1.29, 1.82) is 0 Å². The minimum atomic E-state index is -2.40. The molecule has 0 radical (unpaired) electrons. The zero-order valence-corrected chi connectivity index (χ0v) is 42.1. The van der Waals surface area contributed by atoms with E-state index in [1.165, 1.54) is 0 Å². The molecular formula is C64H48NO8P. The van der Waals surface area contributed by atoms with E-state index in [0.29, 0.717) is 56.4 Å². The van der Waals surface area contributed by atoms with Crippen molar-refractivity contribution in [1.82, 2.24) is 0 Å². The van der Waals surface area contributed by atoms with Crippen LogP contribution in [0.15, 0.2) is 184 Å². The van der Waals surface area contributed by atoms with Crippen molar-refractivity contribution in [2.45, 2.75) is 19.3 Å². The van der Waals surface area contributed by atoms with E-state index in [2.05, 4.69) is 109 Å². The Morgan fingerprint density at radius 3 is 1.39 bits per heavy atom. The smallest absolute Gasteiger partial charge is 0.453 e. The molecule has 1 heterocycles. The van der Waals surface area contributed by atoms with Gasteiger partial charge in [-0.2, -0.15) is 0 Å². The zero-order valence-electron chi connectivity index (χ0n) is 41.2. The minimum Gasteiger partial charge on any atom is -0.496 e. The Morgan fingerprint density at radius 1 is 0.432 bits per heavy atom. The van der Waals surface area contributed by atoms with Gasteiger partial charge < -0.3 is 37.2 Å². The fraction of sp³-hybridized carbons (Fsp3) is 0.109. The van der Waals surface area contributed by atoms with E-state index in [1.54, 1.807) is 28.4 Å². The van der Waals surface area contributed by atoms with E-state index in [9.17, 15) is 4.79 Å². The van der Waals surface area contributed by atoms with Gasteiger partial charge in [-0.1, -0.05) is 134 Å². The molecule has 1 aromatic heterocycles. The van der Waals surface area contributed by atoms with Crippen molar-refractivity contribution in [2.75, 3.05) is 33.8 Å². The predicted octanol–water partition coefficient (Wildman–Crippen LogP) is 17.5. The normalized spacial score (nSPS) is 12.2. The van der Waals surface area contributed by atoms with Crippen molar-refractivity contribution < 1.29 is 36.7 Å². The average molecular weight is 990 g/mol. The van der Waals surface area contributed by atoms with Crippen LogP contribution in [-0.2, 0) is 4.79 Å². The summed E-state index contributed by atoms with van der Waals surface area (Å²) in [6.45, 7) is 2.05. The molecule has 12 aromatic carbocycles. The van der Waals surface area contributed by atoms with Crippen LogP contribution in [0.1, 0.15) is 24.8 Å². The molecule has 13 rings (SSSR count). The van der Waals surface area contributed by atoms with Crippen LogP contribution in [0.25, 0.3) is 108 Å². The quantitative estimate of drug-likeness (QED) is 0.135. The maximum Gasteiger partial charge on any atom is 0.453 e. The Hall–Kier alpha value is -8.91. The Balaban J connectivity index is 1.21. The molecule has 9 nitrogen and oxygen atoms in total. The van der Waals surface area contributed by atoms with Gasteiger partial charge in [0.25, 0.3) is 0 Å². The van der Waals surface area contributed by atoms with E-state index >= 15 is 0 Å². The largest absolute Gasteiger partial charge is 0.496 e. The Labute approximate surface area is 426 Å². The van der Waals surface area contributed by atoms with E-state index in [4.69, 9.17) is 31.9 Å². The number of fused-ring (bicyclic) bond motifs is 19. The highest BCUT2D eigenvalue weighted by Crippen LogP contribution is 2.53. The molecule has 362 valence electrons. The summed E-state index contributed by atoms with van der Waals surface area (Å²) >= 11 is 0. The van der Waals surface area contributed by atoms with Crippen LogP contribution in [0.4, 0.5) is 5.69 Å². The van der Waals surface area contributed by atoms with Gasteiger partial charge >= 0.3 is 8.24 Å².